The smallest absolute Gasteiger partial charge is 0.305 e. The third kappa shape index (κ3) is 6.35. The first-order valence-electron chi connectivity index (χ1n) is 9.89. The van der Waals surface area contributed by atoms with E-state index >= 15 is 0 Å². The second-order valence-electron chi connectivity index (χ2n) is 7.33. The van der Waals surface area contributed by atoms with Crippen LogP contribution in [-0.2, 0) is 21.2 Å². The average molecular weight is 492 g/mol. The summed E-state index contributed by atoms with van der Waals surface area (Å²) < 4.78 is 68.0. The predicted octanol–water partition coefficient (Wildman–Crippen LogP) is 3.72. The number of carbonyl (C=O) groups is 2. The van der Waals surface area contributed by atoms with Crippen molar-refractivity contribution in [3.63, 3.8) is 0 Å². The second-order valence-corrected chi connectivity index (χ2v) is 9.01. The Balaban J connectivity index is 1.78. The molecule has 0 saturated carbocycles. The van der Waals surface area contributed by atoms with E-state index in [1.165, 1.54) is 36.4 Å². The lowest BCUT2D eigenvalue weighted by atomic mass is 10.0. The molecule has 3 aromatic rings. The van der Waals surface area contributed by atoms with Gasteiger partial charge in [0.05, 0.1) is 11.3 Å². The minimum atomic E-state index is -3.92. The van der Waals surface area contributed by atoms with E-state index in [0.29, 0.717) is 12.1 Å². The molecule has 0 saturated heterocycles. The number of rotatable bonds is 9. The van der Waals surface area contributed by atoms with Crippen LogP contribution in [0.4, 0.5) is 18.9 Å². The standard InChI is InChI=1S/C23H19F3N2O5S/c24-19-13-21(26)20(25)11-15(19)10-17(12-22(29)30)27-23(31)14-5-4-6-16(9-14)28-34(32,33)18-7-2-1-3-8-18/h1-9,11,13,17,28H,10,12H2,(H,27,31)(H,29,30). The van der Waals surface area contributed by atoms with Gasteiger partial charge in [0.1, 0.15) is 5.82 Å². The predicted molar refractivity (Wildman–Crippen MR) is 117 cm³/mol. The fraction of sp³-hybridized carbons (Fsp3) is 0.130. The average Bonchev–Trinajstić information content (AvgIpc) is 2.77. The molecule has 0 aliphatic heterocycles. The van der Waals surface area contributed by atoms with Gasteiger partial charge in [-0.25, -0.2) is 21.6 Å². The Kier molecular flexibility index (Phi) is 7.57. The maximum Gasteiger partial charge on any atom is 0.305 e. The molecular weight excluding hydrogens is 473 g/mol. The molecule has 3 N–H and O–H groups in total. The number of carboxylic acids is 1. The summed E-state index contributed by atoms with van der Waals surface area (Å²) in [5, 5.41) is 11.6. The van der Waals surface area contributed by atoms with Gasteiger partial charge < -0.3 is 10.4 Å². The Bertz CT molecular complexity index is 1320. The van der Waals surface area contributed by atoms with E-state index in [9.17, 15) is 31.2 Å². The zero-order valence-corrected chi connectivity index (χ0v) is 18.3. The number of benzene rings is 3. The number of amides is 1. The van der Waals surface area contributed by atoms with E-state index in [1.807, 2.05) is 0 Å². The molecule has 1 unspecified atom stereocenters. The number of halogens is 3. The third-order valence-electron chi connectivity index (χ3n) is 4.74. The van der Waals surface area contributed by atoms with Crippen molar-refractivity contribution in [3.8, 4) is 0 Å². The highest BCUT2D eigenvalue weighted by Gasteiger charge is 2.21. The molecule has 34 heavy (non-hydrogen) atoms. The molecule has 0 radical (unpaired) electrons. The van der Waals surface area contributed by atoms with Crippen LogP contribution in [0, 0.1) is 17.5 Å². The first kappa shape index (κ1) is 24.8. The van der Waals surface area contributed by atoms with Crippen molar-refractivity contribution in [2.45, 2.75) is 23.8 Å². The van der Waals surface area contributed by atoms with Crippen LogP contribution < -0.4 is 10.0 Å². The number of carboxylic acid groups (broad SMARTS) is 1. The summed E-state index contributed by atoms with van der Waals surface area (Å²) in [7, 11) is -3.92. The molecule has 0 aliphatic rings. The van der Waals surface area contributed by atoms with E-state index in [1.54, 1.807) is 18.2 Å². The van der Waals surface area contributed by atoms with E-state index < -0.39 is 58.2 Å². The monoisotopic (exact) mass is 492 g/mol. The summed E-state index contributed by atoms with van der Waals surface area (Å²) in [5.74, 6) is -5.86. The lowest BCUT2D eigenvalue weighted by molar-refractivity contribution is -0.137. The van der Waals surface area contributed by atoms with E-state index in [-0.39, 0.29) is 21.7 Å². The molecule has 0 bridgehead atoms. The Labute approximate surface area is 193 Å². The third-order valence-corrected chi connectivity index (χ3v) is 6.14. The van der Waals surface area contributed by atoms with E-state index in [2.05, 4.69) is 10.0 Å². The van der Waals surface area contributed by atoms with Gasteiger partial charge in [-0.3, -0.25) is 14.3 Å². The van der Waals surface area contributed by atoms with Crippen molar-refractivity contribution in [2.75, 3.05) is 4.72 Å². The fourth-order valence-corrected chi connectivity index (χ4v) is 4.25. The van der Waals surface area contributed by atoms with E-state index in [4.69, 9.17) is 5.11 Å². The summed E-state index contributed by atoms with van der Waals surface area (Å²) >= 11 is 0. The van der Waals surface area contributed by atoms with Crippen LogP contribution in [-0.4, -0.2) is 31.4 Å². The number of hydrogen-bond donors (Lipinski definition) is 3. The number of nitrogens with one attached hydrogen (secondary N) is 2. The lowest BCUT2D eigenvalue weighted by Crippen LogP contribution is -2.38. The largest absolute Gasteiger partial charge is 0.481 e. The minimum Gasteiger partial charge on any atom is -0.481 e. The minimum absolute atomic E-state index is 0.00518. The highest BCUT2D eigenvalue weighted by molar-refractivity contribution is 7.92. The maximum absolute atomic E-state index is 14.0. The highest BCUT2D eigenvalue weighted by Crippen LogP contribution is 2.19. The number of aliphatic carboxylic acids is 1. The molecule has 11 heteroatoms. The van der Waals surface area contributed by atoms with Gasteiger partial charge in [0.2, 0.25) is 0 Å². The number of anilines is 1. The van der Waals surface area contributed by atoms with Gasteiger partial charge in [0.15, 0.2) is 11.6 Å². The summed E-state index contributed by atoms with van der Waals surface area (Å²) in [5.41, 5.74) is -0.234. The Morgan fingerprint density at radius 3 is 2.24 bits per heavy atom. The molecule has 1 atom stereocenters. The van der Waals surface area contributed by atoms with Gasteiger partial charge in [0.25, 0.3) is 15.9 Å². The van der Waals surface area contributed by atoms with Crippen LogP contribution >= 0.6 is 0 Å². The van der Waals surface area contributed by atoms with Crippen LogP contribution in [0.15, 0.2) is 71.6 Å². The lowest BCUT2D eigenvalue weighted by Gasteiger charge is -2.18. The number of carbonyl (C=O) groups excluding carboxylic acids is 1. The van der Waals surface area contributed by atoms with Crippen molar-refractivity contribution >= 4 is 27.6 Å². The quantitative estimate of drug-likeness (QED) is 0.394. The Hall–Kier alpha value is -3.86. The van der Waals surface area contributed by atoms with Crippen molar-refractivity contribution in [3.05, 3.63) is 95.3 Å². The van der Waals surface area contributed by atoms with Crippen molar-refractivity contribution < 1.29 is 36.3 Å². The zero-order chi connectivity index (χ0) is 24.9. The van der Waals surface area contributed by atoms with Gasteiger partial charge in [-0.1, -0.05) is 24.3 Å². The normalized spacial score (nSPS) is 12.1. The van der Waals surface area contributed by atoms with Crippen LogP contribution in [0.3, 0.4) is 0 Å². The van der Waals surface area contributed by atoms with Crippen LogP contribution in [0.25, 0.3) is 0 Å². The molecule has 0 spiro atoms. The maximum atomic E-state index is 14.0. The molecule has 0 aliphatic carbocycles. The molecule has 7 nitrogen and oxygen atoms in total. The first-order chi connectivity index (χ1) is 16.0. The molecule has 1 amide bonds. The first-order valence-corrected chi connectivity index (χ1v) is 11.4. The fourth-order valence-electron chi connectivity index (χ4n) is 3.18. The SMILES string of the molecule is O=C(O)CC(Cc1cc(F)c(F)cc1F)NC(=O)c1cccc(NS(=O)(=O)c2ccccc2)c1. The Morgan fingerprint density at radius 2 is 1.56 bits per heavy atom. The van der Waals surface area contributed by atoms with Gasteiger partial charge in [0, 0.05) is 23.4 Å². The number of sulfonamides is 1. The molecule has 3 rings (SSSR count). The van der Waals surface area contributed by atoms with Gasteiger partial charge in [-0.15, -0.1) is 0 Å². The zero-order valence-electron chi connectivity index (χ0n) is 17.5. The number of hydrogen-bond acceptors (Lipinski definition) is 4. The summed E-state index contributed by atoms with van der Waals surface area (Å²) in [6.45, 7) is 0. The van der Waals surface area contributed by atoms with Crippen LogP contribution in [0.5, 0.6) is 0 Å². The van der Waals surface area contributed by atoms with Gasteiger partial charge in [-0.2, -0.15) is 0 Å². The summed E-state index contributed by atoms with van der Waals surface area (Å²) in [6.07, 6.45) is -1.04. The van der Waals surface area contributed by atoms with Crippen molar-refractivity contribution in [1.82, 2.24) is 5.32 Å². The van der Waals surface area contributed by atoms with Crippen molar-refractivity contribution in [1.29, 1.82) is 0 Å². The molecule has 0 heterocycles. The van der Waals surface area contributed by atoms with E-state index in [0.717, 1.165) is 0 Å². The topological polar surface area (TPSA) is 113 Å². The molecule has 3 aromatic carbocycles. The van der Waals surface area contributed by atoms with Gasteiger partial charge >= 0.3 is 5.97 Å². The molecule has 0 fully saturated rings. The molecule has 178 valence electrons. The summed E-state index contributed by atoms with van der Waals surface area (Å²) in [6, 6.07) is 12.8. The molecular formula is C23H19F3N2O5S. The van der Waals surface area contributed by atoms with Crippen LogP contribution in [0.1, 0.15) is 22.3 Å². The molecule has 0 aromatic heterocycles. The van der Waals surface area contributed by atoms with Crippen molar-refractivity contribution in [2.24, 2.45) is 0 Å². The van der Waals surface area contributed by atoms with Gasteiger partial charge in [-0.05, 0) is 48.4 Å². The van der Waals surface area contributed by atoms with Crippen LogP contribution in [0.2, 0.25) is 0 Å². The second kappa shape index (κ2) is 10.4. The summed E-state index contributed by atoms with van der Waals surface area (Å²) in [4.78, 5) is 23.9. The highest BCUT2D eigenvalue weighted by atomic mass is 32.2. The Morgan fingerprint density at radius 1 is 0.882 bits per heavy atom.